The quantitative estimate of drug-likeness (QED) is 0.765. The lowest BCUT2D eigenvalue weighted by Crippen LogP contribution is -2.09. The maximum Gasteiger partial charge on any atom is 0.339 e. The smallest absolute Gasteiger partial charge is 0.339 e. The molecule has 1 aliphatic rings. The molecule has 2 aromatic heterocycles. The molecular weight excluding hydrogens is 318 g/mol. The van der Waals surface area contributed by atoms with E-state index in [2.05, 4.69) is 14.9 Å². The maximum absolute atomic E-state index is 11.6. The normalized spacial score (nSPS) is 20.8. The highest BCUT2D eigenvalue weighted by molar-refractivity contribution is 7.91. The first-order valence-electron chi connectivity index (χ1n) is 6.24. The number of sulfone groups is 1. The van der Waals surface area contributed by atoms with Gasteiger partial charge in [0, 0.05) is 12.1 Å². The molecule has 1 unspecified atom stereocenters. The van der Waals surface area contributed by atoms with Crippen LogP contribution in [0.3, 0.4) is 0 Å². The Hall–Kier alpha value is -1.67. The summed E-state index contributed by atoms with van der Waals surface area (Å²) in [7, 11) is -1.76. The molecule has 21 heavy (non-hydrogen) atoms. The van der Waals surface area contributed by atoms with E-state index in [0.29, 0.717) is 17.9 Å². The second-order valence-corrected chi connectivity index (χ2v) is 7.56. The molecule has 0 spiro atoms. The van der Waals surface area contributed by atoms with Gasteiger partial charge < -0.3 is 4.74 Å². The van der Waals surface area contributed by atoms with Gasteiger partial charge in [0.1, 0.15) is 5.82 Å². The molecule has 9 heteroatoms. The highest BCUT2D eigenvalue weighted by Crippen LogP contribution is 2.29. The zero-order valence-electron chi connectivity index (χ0n) is 11.1. The average Bonchev–Trinajstić information content (AvgIpc) is 3.01. The lowest BCUT2D eigenvalue weighted by atomic mass is 10.1. The van der Waals surface area contributed by atoms with Crippen molar-refractivity contribution in [3.05, 3.63) is 28.7 Å². The number of hydrogen-bond acceptors (Lipinski definition) is 6. The van der Waals surface area contributed by atoms with E-state index < -0.39 is 15.8 Å². The van der Waals surface area contributed by atoms with Gasteiger partial charge >= 0.3 is 5.97 Å². The van der Waals surface area contributed by atoms with Crippen molar-refractivity contribution in [2.24, 2.45) is 0 Å². The van der Waals surface area contributed by atoms with Crippen molar-refractivity contribution in [3.8, 4) is 0 Å². The van der Waals surface area contributed by atoms with Gasteiger partial charge in [-0.05, 0) is 12.5 Å². The third kappa shape index (κ3) is 2.49. The minimum absolute atomic E-state index is 0.0356. The van der Waals surface area contributed by atoms with Crippen molar-refractivity contribution in [2.45, 2.75) is 12.3 Å². The topological polar surface area (TPSA) is 90.6 Å². The van der Waals surface area contributed by atoms with Gasteiger partial charge in [0.2, 0.25) is 0 Å². The van der Waals surface area contributed by atoms with Crippen molar-refractivity contribution in [2.75, 3.05) is 18.6 Å². The van der Waals surface area contributed by atoms with Crippen LogP contribution in [0.2, 0.25) is 5.02 Å². The van der Waals surface area contributed by atoms with E-state index >= 15 is 0 Å². The van der Waals surface area contributed by atoms with Gasteiger partial charge in [0.15, 0.2) is 15.5 Å². The van der Waals surface area contributed by atoms with Crippen LogP contribution < -0.4 is 0 Å². The van der Waals surface area contributed by atoms with E-state index in [0.717, 1.165) is 0 Å². The number of esters is 1. The fourth-order valence-electron chi connectivity index (χ4n) is 2.48. The third-order valence-corrected chi connectivity index (χ3v) is 5.55. The van der Waals surface area contributed by atoms with E-state index in [1.165, 1.54) is 19.4 Å². The number of ether oxygens (including phenoxy) is 1. The Morgan fingerprint density at radius 3 is 2.86 bits per heavy atom. The molecule has 1 aliphatic heterocycles. The summed E-state index contributed by atoms with van der Waals surface area (Å²) >= 11 is 6.09. The zero-order valence-corrected chi connectivity index (χ0v) is 12.7. The van der Waals surface area contributed by atoms with Crippen LogP contribution in [0.1, 0.15) is 28.5 Å². The van der Waals surface area contributed by atoms with E-state index in [9.17, 15) is 13.2 Å². The Morgan fingerprint density at radius 1 is 1.48 bits per heavy atom. The van der Waals surface area contributed by atoms with Gasteiger partial charge in [-0.15, -0.1) is 10.2 Å². The van der Waals surface area contributed by atoms with E-state index in [-0.39, 0.29) is 28.0 Å². The molecule has 7 nitrogen and oxygen atoms in total. The van der Waals surface area contributed by atoms with Crippen LogP contribution in [-0.2, 0) is 14.6 Å². The van der Waals surface area contributed by atoms with Gasteiger partial charge in [0.25, 0.3) is 0 Å². The Balaban J connectivity index is 2.12. The second-order valence-electron chi connectivity index (χ2n) is 4.92. The van der Waals surface area contributed by atoms with Gasteiger partial charge in [0.05, 0.1) is 29.2 Å². The average molecular weight is 330 g/mol. The van der Waals surface area contributed by atoms with Crippen LogP contribution in [-0.4, -0.2) is 47.6 Å². The summed E-state index contributed by atoms with van der Waals surface area (Å²) in [5.74, 6) is -0.101. The molecule has 0 saturated carbocycles. The summed E-state index contributed by atoms with van der Waals surface area (Å²) in [5.41, 5.74) is 0.653. The number of carbonyl (C=O) groups excluding carboxylic acids is 1. The van der Waals surface area contributed by atoms with Gasteiger partial charge in [-0.25, -0.2) is 13.2 Å². The fraction of sp³-hybridized carbons (Fsp3) is 0.417. The summed E-state index contributed by atoms with van der Waals surface area (Å²) in [5, 5.41) is 8.27. The van der Waals surface area contributed by atoms with E-state index in [1.54, 1.807) is 4.40 Å². The van der Waals surface area contributed by atoms with Crippen LogP contribution in [0.25, 0.3) is 5.65 Å². The zero-order chi connectivity index (χ0) is 15.2. The second kappa shape index (κ2) is 4.96. The first-order chi connectivity index (χ1) is 9.91. The Kier molecular flexibility index (Phi) is 3.37. The van der Waals surface area contributed by atoms with E-state index in [4.69, 9.17) is 11.6 Å². The predicted molar refractivity (Wildman–Crippen MR) is 75.3 cm³/mol. The van der Waals surface area contributed by atoms with Crippen molar-refractivity contribution in [1.29, 1.82) is 0 Å². The number of hydrogen-bond donors (Lipinski definition) is 0. The van der Waals surface area contributed by atoms with Crippen LogP contribution in [0.4, 0.5) is 0 Å². The monoisotopic (exact) mass is 329 g/mol. The molecule has 112 valence electrons. The number of methoxy groups -OCH3 is 1. The van der Waals surface area contributed by atoms with Crippen molar-refractivity contribution in [3.63, 3.8) is 0 Å². The number of aromatic nitrogens is 3. The molecule has 1 atom stereocenters. The molecule has 3 rings (SSSR count). The molecule has 1 fully saturated rings. The summed E-state index contributed by atoms with van der Waals surface area (Å²) in [6.45, 7) is 0. The van der Waals surface area contributed by atoms with E-state index in [1.807, 2.05) is 0 Å². The van der Waals surface area contributed by atoms with Crippen molar-refractivity contribution < 1.29 is 17.9 Å². The number of nitrogens with zero attached hydrogens (tertiary/aromatic N) is 3. The predicted octanol–water partition coefficient (Wildman–Crippen LogP) is 1.07. The fourth-order valence-corrected chi connectivity index (χ4v) is 4.46. The maximum atomic E-state index is 11.6. The Bertz CT molecular complexity index is 830. The van der Waals surface area contributed by atoms with Gasteiger partial charge in [-0.2, -0.15) is 0 Å². The van der Waals surface area contributed by atoms with Crippen LogP contribution in [0, 0.1) is 0 Å². The molecule has 0 N–H and O–H groups in total. The number of carbonyl (C=O) groups is 1. The molecule has 1 saturated heterocycles. The molecule has 0 amide bonds. The third-order valence-electron chi connectivity index (χ3n) is 3.50. The Morgan fingerprint density at radius 2 is 2.24 bits per heavy atom. The highest BCUT2D eigenvalue weighted by atomic mass is 35.5. The number of fused-ring (bicyclic) bond motifs is 1. The number of pyridine rings is 1. The molecule has 3 heterocycles. The molecule has 0 aromatic carbocycles. The first kappa shape index (κ1) is 14.3. The van der Waals surface area contributed by atoms with Crippen molar-refractivity contribution in [1.82, 2.24) is 14.6 Å². The van der Waals surface area contributed by atoms with Crippen LogP contribution in [0.5, 0.6) is 0 Å². The molecular formula is C12H12ClN3O4S. The largest absolute Gasteiger partial charge is 0.465 e. The van der Waals surface area contributed by atoms with Crippen LogP contribution >= 0.6 is 11.6 Å². The SMILES string of the molecule is COC(=O)c1cc(Cl)c2nnc(C3CCS(=O)(=O)C3)n2c1. The summed E-state index contributed by atoms with van der Waals surface area (Å²) in [6.07, 6.45) is 2.01. The standard InChI is InChI=1S/C12H12ClN3O4S/c1-20-12(17)8-4-9(13)11-15-14-10(16(11)5-8)7-2-3-21(18,19)6-7/h4-5,7H,2-3,6H2,1H3. The summed E-state index contributed by atoms with van der Waals surface area (Å²) < 4.78 is 29.4. The van der Waals surface area contributed by atoms with Gasteiger partial charge in [-0.1, -0.05) is 11.6 Å². The Labute approximate surface area is 125 Å². The lowest BCUT2D eigenvalue weighted by molar-refractivity contribution is 0.0600. The van der Waals surface area contributed by atoms with Crippen LogP contribution in [0.15, 0.2) is 12.3 Å². The molecule has 0 radical (unpaired) electrons. The minimum atomic E-state index is -3.04. The first-order valence-corrected chi connectivity index (χ1v) is 8.44. The molecule has 2 aromatic rings. The van der Waals surface area contributed by atoms with Gasteiger partial charge in [-0.3, -0.25) is 4.40 Å². The highest BCUT2D eigenvalue weighted by Gasteiger charge is 2.32. The number of halogens is 1. The lowest BCUT2D eigenvalue weighted by Gasteiger charge is -2.07. The molecule has 0 aliphatic carbocycles. The van der Waals surface area contributed by atoms with Crippen molar-refractivity contribution >= 4 is 33.1 Å². The molecule has 0 bridgehead atoms. The minimum Gasteiger partial charge on any atom is -0.465 e. The number of rotatable bonds is 2. The summed E-state index contributed by atoms with van der Waals surface area (Å²) in [4.78, 5) is 11.6. The summed E-state index contributed by atoms with van der Waals surface area (Å²) in [6, 6.07) is 1.45.